The summed E-state index contributed by atoms with van der Waals surface area (Å²) in [6, 6.07) is 0.979. The molecule has 1 unspecified atom stereocenters. The van der Waals surface area contributed by atoms with Gasteiger partial charge in [0.15, 0.2) is 21.5 Å². The van der Waals surface area contributed by atoms with Crippen LogP contribution in [0.5, 0.6) is 0 Å². The number of carbonyl (C=O) groups excluding carboxylic acids is 1. The van der Waals surface area contributed by atoms with Crippen LogP contribution in [-0.2, 0) is 21.1 Å². The SMILES string of the molecule is N[C@H](Cc1cc(F)c(F)cc1F)C1C[C@H]2CC[C@@H](C1)N2C(=O)CCS(=O)(=O)C1CC1. The van der Waals surface area contributed by atoms with Gasteiger partial charge in [0.1, 0.15) is 5.82 Å². The molecule has 2 bridgehead atoms. The van der Waals surface area contributed by atoms with Crippen LogP contribution < -0.4 is 5.73 Å². The van der Waals surface area contributed by atoms with Gasteiger partial charge < -0.3 is 10.6 Å². The average molecular weight is 445 g/mol. The Morgan fingerprint density at radius 1 is 1.03 bits per heavy atom. The summed E-state index contributed by atoms with van der Waals surface area (Å²) in [6.07, 6.45) is 4.51. The fourth-order valence-corrected chi connectivity index (χ4v) is 6.72. The van der Waals surface area contributed by atoms with Crippen LogP contribution in [-0.4, -0.2) is 48.4 Å². The normalized spacial score (nSPS) is 27.3. The lowest BCUT2D eigenvalue weighted by molar-refractivity contribution is -0.136. The van der Waals surface area contributed by atoms with Gasteiger partial charge in [0.05, 0.1) is 11.0 Å². The van der Waals surface area contributed by atoms with Crippen molar-refractivity contribution in [1.29, 1.82) is 0 Å². The van der Waals surface area contributed by atoms with E-state index in [1.165, 1.54) is 0 Å². The Balaban J connectivity index is 1.36. The minimum atomic E-state index is -3.17. The predicted octanol–water partition coefficient (Wildman–Crippen LogP) is 2.71. The molecule has 2 aliphatic heterocycles. The van der Waals surface area contributed by atoms with Crippen molar-refractivity contribution >= 4 is 15.7 Å². The number of piperidine rings is 1. The Bertz CT molecular complexity index is 922. The van der Waals surface area contributed by atoms with Crippen LogP contribution in [0.25, 0.3) is 0 Å². The molecule has 3 fully saturated rings. The van der Waals surface area contributed by atoms with Crippen molar-refractivity contribution in [3.8, 4) is 0 Å². The second kappa shape index (κ2) is 8.15. The van der Waals surface area contributed by atoms with Crippen LogP contribution in [0.4, 0.5) is 13.2 Å². The largest absolute Gasteiger partial charge is 0.337 e. The highest BCUT2D eigenvalue weighted by atomic mass is 32.2. The lowest BCUT2D eigenvalue weighted by atomic mass is 9.82. The molecule has 30 heavy (non-hydrogen) atoms. The van der Waals surface area contributed by atoms with Crippen molar-refractivity contribution in [3.05, 3.63) is 35.1 Å². The van der Waals surface area contributed by atoms with E-state index in [0.717, 1.165) is 18.9 Å². The Morgan fingerprint density at radius 3 is 2.23 bits per heavy atom. The van der Waals surface area contributed by atoms with Crippen LogP contribution in [0.2, 0.25) is 0 Å². The number of fused-ring (bicyclic) bond motifs is 2. The Hall–Kier alpha value is -1.61. The molecular formula is C21H27F3N2O3S. The third-order valence-corrected chi connectivity index (χ3v) is 9.10. The molecule has 1 aliphatic carbocycles. The number of amides is 1. The van der Waals surface area contributed by atoms with E-state index in [9.17, 15) is 26.4 Å². The Morgan fingerprint density at radius 2 is 1.63 bits per heavy atom. The molecule has 166 valence electrons. The number of hydrogen-bond acceptors (Lipinski definition) is 4. The van der Waals surface area contributed by atoms with Crippen molar-refractivity contribution < 1.29 is 26.4 Å². The van der Waals surface area contributed by atoms with Crippen molar-refractivity contribution in [2.45, 2.75) is 74.7 Å². The van der Waals surface area contributed by atoms with Crippen molar-refractivity contribution in [2.75, 3.05) is 5.75 Å². The fraction of sp³-hybridized carbons (Fsp3) is 0.667. The van der Waals surface area contributed by atoms with Gasteiger partial charge in [0, 0.05) is 30.6 Å². The van der Waals surface area contributed by atoms with Gasteiger partial charge in [0.2, 0.25) is 5.91 Å². The molecule has 4 rings (SSSR count). The zero-order chi connectivity index (χ0) is 21.6. The van der Waals surface area contributed by atoms with Crippen LogP contribution >= 0.6 is 0 Å². The van der Waals surface area contributed by atoms with E-state index in [4.69, 9.17) is 5.73 Å². The standard InChI is InChI=1S/C21H27F3N2O3S/c22-17-11-19(24)18(23)9-12(17)10-20(25)13-7-14-1-2-15(8-13)26(14)21(27)5-6-30(28,29)16-3-4-16/h9,11,13-16,20H,1-8,10,25H2/t13?,14-,15+,20-/m1/s1. The van der Waals surface area contributed by atoms with Crippen LogP contribution in [0.3, 0.4) is 0 Å². The second-order valence-electron chi connectivity index (χ2n) is 8.96. The monoisotopic (exact) mass is 444 g/mol. The van der Waals surface area contributed by atoms with E-state index in [1.54, 1.807) is 0 Å². The molecule has 9 heteroatoms. The van der Waals surface area contributed by atoms with E-state index < -0.39 is 33.3 Å². The molecular weight excluding hydrogens is 417 g/mol. The molecule has 2 N–H and O–H groups in total. The summed E-state index contributed by atoms with van der Waals surface area (Å²) >= 11 is 0. The van der Waals surface area contributed by atoms with Crippen LogP contribution in [0, 0.1) is 23.4 Å². The molecule has 0 aromatic heterocycles. The highest BCUT2D eigenvalue weighted by Gasteiger charge is 2.45. The molecule has 0 radical (unpaired) electrons. The van der Waals surface area contributed by atoms with E-state index in [2.05, 4.69) is 0 Å². The van der Waals surface area contributed by atoms with E-state index in [1.807, 2.05) is 4.90 Å². The summed E-state index contributed by atoms with van der Waals surface area (Å²) in [4.78, 5) is 14.6. The summed E-state index contributed by atoms with van der Waals surface area (Å²) in [5.41, 5.74) is 6.35. The fourth-order valence-electron chi connectivity index (χ4n) is 5.07. The van der Waals surface area contributed by atoms with E-state index in [0.29, 0.717) is 31.7 Å². The predicted molar refractivity (Wildman–Crippen MR) is 106 cm³/mol. The maximum absolute atomic E-state index is 14.0. The number of carbonyl (C=O) groups is 1. The molecule has 4 atom stereocenters. The number of rotatable bonds is 7. The average Bonchev–Trinajstić information content (AvgIpc) is 3.50. The first-order valence-electron chi connectivity index (χ1n) is 10.6. The number of benzene rings is 1. The molecule has 1 amide bonds. The van der Waals surface area contributed by atoms with Gasteiger partial charge in [0.25, 0.3) is 0 Å². The van der Waals surface area contributed by atoms with Gasteiger partial charge in [-0.15, -0.1) is 0 Å². The number of sulfone groups is 1. The lowest BCUT2D eigenvalue weighted by Gasteiger charge is -2.41. The molecule has 0 spiro atoms. The molecule has 2 saturated heterocycles. The number of halogens is 3. The molecule has 1 aromatic rings. The van der Waals surface area contributed by atoms with Crippen molar-refractivity contribution in [3.63, 3.8) is 0 Å². The van der Waals surface area contributed by atoms with Crippen molar-refractivity contribution in [2.24, 2.45) is 11.7 Å². The zero-order valence-electron chi connectivity index (χ0n) is 16.7. The number of hydrogen-bond donors (Lipinski definition) is 1. The Kier molecular flexibility index (Phi) is 5.87. The first-order chi connectivity index (χ1) is 14.2. The van der Waals surface area contributed by atoms with Crippen LogP contribution in [0.15, 0.2) is 12.1 Å². The van der Waals surface area contributed by atoms with Crippen molar-refractivity contribution in [1.82, 2.24) is 4.90 Å². The number of nitrogens with two attached hydrogens (primary N) is 1. The highest BCUT2D eigenvalue weighted by molar-refractivity contribution is 7.92. The van der Waals surface area contributed by atoms with Gasteiger partial charge in [-0.3, -0.25) is 4.79 Å². The second-order valence-corrected chi connectivity index (χ2v) is 11.4. The third kappa shape index (κ3) is 4.37. The van der Waals surface area contributed by atoms with Gasteiger partial charge in [-0.2, -0.15) is 0 Å². The third-order valence-electron chi connectivity index (χ3n) is 6.84. The highest BCUT2D eigenvalue weighted by Crippen LogP contribution is 2.40. The maximum atomic E-state index is 14.0. The quantitative estimate of drug-likeness (QED) is 0.656. The Labute approximate surface area is 174 Å². The first kappa shape index (κ1) is 21.6. The minimum Gasteiger partial charge on any atom is -0.337 e. The number of nitrogens with zero attached hydrogens (tertiary/aromatic N) is 1. The van der Waals surface area contributed by atoms with E-state index >= 15 is 0 Å². The maximum Gasteiger partial charge on any atom is 0.224 e. The molecule has 1 aromatic carbocycles. The van der Waals surface area contributed by atoms with E-state index in [-0.39, 0.29) is 53.3 Å². The zero-order valence-corrected chi connectivity index (χ0v) is 17.5. The van der Waals surface area contributed by atoms with Gasteiger partial charge in [-0.25, -0.2) is 21.6 Å². The van der Waals surface area contributed by atoms with Gasteiger partial charge >= 0.3 is 0 Å². The first-order valence-corrected chi connectivity index (χ1v) is 12.3. The molecule has 5 nitrogen and oxygen atoms in total. The minimum absolute atomic E-state index is 0.00531. The molecule has 1 saturated carbocycles. The summed E-state index contributed by atoms with van der Waals surface area (Å²) < 4.78 is 64.7. The van der Waals surface area contributed by atoms with Gasteiger partial charge in [-0.05, 0) is 62.5 Å². The summed E-state index contributed by atoms with van der Waals surface area (Å²) in [5.74, 6) is -3.31. The lowest BCUT2D eigenvalue weighted by Crippen LogP contribution is -2.50. The van der Waals surface area contributed by atoms with Gasteiger partial charge in [-0.1, -0.05) is 0 Å². The summed E-state index contributed by atoms with van der Waals surface area (Å²) in [7, 11) is -3.17. The van der Waals surface area contributed by atoms with Crippen LogP contribution in [0.1, 0.15) is 50.5 Å². The molecule has 3 aliphatic rings. The smallest absolute Gasteiger partial charge is 0.224 e. The topological polar surface area (TPSA) is 80.5 Å². The summed E-state index contributed by atoms with van der Waals surface area (Å²) in [5, 5.41) is -0.262. The molecule has 2 heterocycles. The summed E-state index contributed by atoms with van der Waals surface area (Å²) in [6.45, 7) is 0.